The number of nitrogens with zero attached hydrogens (tertiary/aromatic N) is 1. The fraction of sp³-hybridized carbons (Fsp3) is 0.667. The summed E-state index contributed by atoms with van der Waals surface area (Å²) in [5, 5.41) is 0. The van der Waals surface area contributed by atoms with E-state index in [1.165, 1.54) is 19.4 Å². The van der Waals surface area contributed by atoms with Gasteiger partial charge in [-0.2, -0.15) is 0 Å². The second kappa shape index (κ2) is 6.73. The maximum Gasteiger partial charge on any atom is 0.0326 e. The summed E-state index contributed by atoms with van der Waals surface area (Å²) in [6, 6.07) is 8.90. The quantitative estimate of drug-likeness (QED) is 0.785. The molecule has 2 rings (SSSR count). The standard InChI is InChI=1S/C18H30N2/c1-4-11-20(18(5-2,6-3)14-19)13-16-12-15-9-7-8-10-17(15)16/h7-10,16H,4-6,11-14,19H2,1-3H3. The van der Waals surface area contributed by atoms with Crippen LogP contribution in [0.25, 0.3) is 0 Å². The predicted octanol–water partition coefficient (Wildman–Crippen LogP) is 3.56. The molecule has 1 aliphatic carbocycles. The second-order valence-corrected chi connectivity index (χ2v) is 6.18. The molecule has 0 bridgehead atoms. The molecular formula is C18H30N2. The van der Waals surface area contributed by atoms with Gasteiger partial charge in [-0.25, -0.2) is 0 Å². The maximum atomic E-state index is 6.15. The first-order chi connectivity index (χ1) is 9.70. The summed E-state index contributed by atoms with van der Waals surface area (Å²) in [5.41, 5.74) is 9.45. The van der Waals surface area contributed by atoms with Gasteiger partial charge in [-0.15, -0.1) is 0 Å². The molecule has 0 amide bonds. The average molecular weight is 274 g/mol. The average Bonchev–Trinajstić information content (AvgIpc) is 2.47. The lowest BCUT2D eigenvalue weighted by Gasteiger charge is -2.46. The summed E-state index contributed by atoms with van der Waals surface area (Å²) >= 11 is 0. The van der Waals surface area contributed by atoms with Crippen LogP contribution < -0.4 is 5.73 Å². The highest BCUT2D eigenvalue weighted by Gasteiger charge is 2.35. The highest BCUT2D eigenvalue weighted by atomic mass is 15.2. The zero-order valence-corrected chi connectivity index (χ0v) is 13.4. The van der Waals surface area contributed by atoms with Crippen LogP contribution >= 0.6 is 0 Å². The predicted molar refractivity (Wildman–Crippen MR) is 87.1 cm³/mol. The van der Waals surface area contributed by atoms with Gasteiger partial charge in [0.2, 0.25) is 0 Å². The van der Waals surface area contributed by atoms with Crippen LogP contribution in [0.2, 0.25) is 0 Å². The third-order valence-corrected chi connectivity index (χ3v) is 5.26. The first-order valence-corrected chi connectivity index (χ1v) is 8.23. The highest BCUT2D eigenvalue weighted by Crippen LogP contribution is 2.37. The molecule has 1 atom stereocenters. The van der Waals surface area contributed by atoms with Crippen molar-refractivity contribution in [3.05, 3.63) is 35.4 Å². The van der Waals surface area contributed by atoms with E-state index in [4.69, 9.17) is 5.73 Å². The third kappa shape index (κ3) is 2.77. The molecule has 0 spiro atoms. The zero-order valence-electron chi connectivity index (χ0n) is 13.4. The Bertz CT molecular complexity index is 415. The first-order valence-electron chi connectivity index (χ1n) is 8.23. The van der Waals surface area contributed by atoms with E-state index in [9.17, 15) is 0 Å². The number of fused-ring (bicyclic) bond motifs is 1. The molecule has 2 N–H and O–H groups in total. The fourth-order valence-electron chi connectivity index (χ4n) is 3.70. The molecule has 0 radical (unpaired) electrons. The molecule has 0 saturated heterocycles. The molecule has 1 aromatic rings. The van der Waals surface area contributed by atoms with E-state index in [0.29, 0.717) is 5.92 Å². The molecule has 0 heterocycles. The summed E-state index contributed by atoms with van der Waals surface area (Å²) in [7, 11) is 0. The minimum atomic E-state index is 0.195. The van der Waals surface area contributed by atoms with E-state index < -0.39 is 0 Å². The lowest BCUT2D eigenvalue weighted by molar-refractivity contribution is 0.0748. The number of nitrogens with two attached hydrogens (primary N) is 1. The van der Waals surface area contributed by atoms with E-state index in [0.717, 1.165) is 25.9 Å². The van der Waals surface area contributed by atoms with E-state index >= 15 is 0 Å². The molecule has 2 heteroatoms. The Balaban J connectivity index is 2.11. The SMILES string of the molecule is CCCN(CC1Cc2ccccc21)C(CC)(CC)CN. The van der Waals surface area contributed by atoms with Gasteiger partial charge in [0, 0.05) is 24.5 Å². The third-order valence-electron chi connectivity index (χ3n) is 5.26. The molecular weight excluding hydrogens is 244 g/mol. The Morgan fingerprint density at radius 2 is 1.90 bits per heavy atom. The molecule has 112 valence electrons. The number of rotatable bonds is 8. The highest BCUT2D eigenvalue weighted by molar-refractivity contribution is 5.40. The van der Waals surface area contributed by atoms with E-state index in [1.54, 1.807) is 11.1 Å². The molecule has 0 aliphatic heterocycles. The van der Waals surface area contributed by atoms with Crippen molar-refractivity contribution in [3.8, 4) is 0 Å². The van der Waals surface area contributed by atoms with Crippen molar-refractivity contribution in [1.82, 2.24) is 4.90 Å². The van der Waals surface area contributed by atoms with Crippen molar-refractivity contribution < 1.29 is 0 Å². The largest absolute Gasteiger partial charge is 0.329 e. The van der Waals surface area contributed by atoms with Gasteiger partial charge in [0.15, 0.2) is 0 Å². The van der Waals surface area contributed by atoms with Crippen molar-refractivity contribution in [1.29, 1.82) is 0 Å². The van der Waals surface area contributed by atoms with Gasteiger partial charge in [-0.3, -0.25) is 4.90 Å². The Morgan fingerprint density at radius 1 is 1.20 bits per heavy atom. The summed E-state index contributed by atoms with van der Waals surface area (Å²) < 4.78 is 0. The summed E-state index contributed by atoms with van der Waals surface area (Å²) in [4.78, 5) is 2.67. The van der Waals surface area contributed by atoms with Gasteiger partial charge in [-0.05, 0) is 43.4 Å². The fourth-order valence-corrected chi connectivity index (χ4v) is 3.70. The van der Waals surface area contributed by atoms with Gasteiger partial charge in [0.1, 0.15) is 0 Å². The maximum absolute atomic E-state index is 6.15. The minimum absolute atomic E-state index is 0.195. The van der Waals surface area contributed by atoms with Crippen LogP contribution in [0.5, 0.6) is 0 Å². The van der Waals surface area contributed by atoms with Crippen LogP contribution in [0.4, 0.5) is 0 Å². The Kier molecular flexibility index (Phi) is 5.22. The van der Waals surface area contributed by atoms with Gasteiger partial charge >= 0.3 is 0 Å². The van der Waals surface area contributed by atoms with E-state index in [2.05, 4.69) is 49.9 Å². The Hall–Kier alpha value is -0.860. The Labute approximate surface area is 124 Å². The number of benzene rings is 1. The van der Waals surface area contributed by atoms with E-state index in [1.807, 2.05) is 0 Å². The topological polar surface area (TPSA) is 29.3 Å². The summed E-state index contributed by atoms with van der Waals surface area (Å²) in [6.45, 7) is 9.95. The van der Waals surface area contributed by atoms with Gasteiger partial charge in [0.05, 0.1) is 0 Å². The molecule has 0 aromatic heterocycles. The van der Waals surface area contributed by atoms with Crippen molar-refractivity contribution in [2.45, 2.75) is 57.9 Å². The molecule has 1 aliphatic rings. The van der Waals surface area contributed by atoms with Crippen molar-refractivity contribution in [3.63, 3.8) is 0 Å². The van der Waals surface area contributed by atoms with Crippen molar-refractivity contribution in [2.75, 3.05) is 19.6 Å². The number of hydrogen-bond acceptors (Lipinski definition) is 2. The van der Waals surface area contributed by atoms with Crippen LogP contribution in [-0.4, -0.2) is 30.1 Å². The normalized spacial score (nSPS) is 17.9. The second-order valence-electron chi connectivity index (χ2n) is 6.18. The van der Waals surface area contributed by atoms with Gasteiger partial charge in [0.25, 0.3) is 0 Å². The molecule has 1 aromatic carbocycles. The van der Waals surface area contributed by atoms with Crippen LogP contribution in [-0.2, 0) is 6.42 Å². The Morgan fingerprint density at radius 3 is 2.45 bits per heavy atom. The monoisotopic (exact) mass is 274 g/mol. The van der Waals surface area contributed by atoms with Crippen LogP contribution in [0.3, 0.4) is 0 Å². The summed E-state index contributed by atoms with van der Waals surface area (Å²) in [6.07, 6.45) is 4.74. The van der Waals surface area contributed by atoms with Crippen molar-refractivity contribution >= 4 is 0 Å². The van der Waals surface area contributed by atoms with Crippen LogP contribution in [0.1, 0.15) is 57.1 Å². The number of hydrogen-bond donors (Lipinski definition) is 1. The smallest absolute Gasteiger partial charge is 0.0326 e. The van der Waals surface area contributed by atoms with Crippen LogP contribution in [0, 0.1) is 0 Å². The zero-order chi connectivity index (χ0) is 14.6. The van der Waals surface area contributed by atoms with Gasteiger partial charge in [-0.1, -0.05) is 45.0 Å². The lowest BCUT2D eigenvalue weighted by atomic mass is 9.76. The molecule has 0 saturated carbocycles. The first kappa shape index (κ1) is 15.5. The van der Waals surface area contributed by atoms with E-state index in [-0.39, 0.29) is 5.54 Å². The lowest BCUT2D eigenvalue weighted by Crippen LogP contribution is -2.55. The molecule has 20 heavy (non-hydrogen) atoms. The summed E-state index contributed by atoms with van der Waals surface area (Å²) in [5.74, 6) is 0.710. The van der Waals surface area contributed by atoms with Crippen LogP contribution in [0.15, 0.2) is 24.3 Å². The molecule has 0 fully saturated rings. The van der Waals surface area contributed by atoms with Gasteiger partial charge < -0.3 is 5.73 Å². The molecule has 2 nitrogen and oxygen atoms in total. The van der Waals surface area contributed by atoms with Crippen molar-refractivity contribution in [2.24, 2.45) is 5.73 Å². The molecule has 1 unspecified atom stereocenters. The minimum Gasteiger partial charge on any atom is -0.329 e.